The Morgan fingerprint density at radius 1 is 1.62 bits per heavy atom. The highest BCUT2D eigenvalue weighted by atomic mass is 127. The van der Waals surface area contributed by atoms with Crippen molar-refractivity contribution in [2.75, 3.05) is 6.61 Å². The lowest BCUT2D eigenvalue weighted by Crippen LogP contribution is -1.93. The molecule has 4 heteroatoms. The lowest BCUT2D eigenvalue weighted by atomic mass is 10.2. The summed E-state index contributed by atoms with van der Waals surface area (Å²) < 4.78 is 6.02. The lowest BCUT2D eigenvalue weighted by Gasteiger charge is -2.06. The second-order valence-electron chi connectivity index (χ2n) is 2.34. The highest BCUT2D eigenvalue weighted by molar-refractivity contribution is 14.1. The third kappa shape index (κ3) is 2.25. The molecule has 0 saturated carbocycles. The summed E-state index contributed by atoms with van der Waals surface area (Å²) in [5, 5.41) is 18.2. The summed E-state index contributed by atoms with van der Waals surface area (Å²) in [6.07, 6.45) is 0. The van der Waals surface area contributed by atoms with Gasteiger partial charge in [0.05, 0.1) is 12.2 Å². The van der Waals surface area contributed by atoms with Gasteiger partial charge in [0.25, 0.3) is 0 Å². The summed E-state index contributed by atoms with van der Waals surface area (Å²) in [5.74, 6) is 0.288. The molecule has 1 rings (SSSR count). The van der Waals surface area contributed by atoms with Crippen LogP contribution in [-0.2, 0) is 0 Å². The molecule has 1 N–H and O–H groups in total. The summed E-state index contributed by atoms with van der Waals surface area (Å²) in [4.78, 5) is 0. The highest BCUT2D eigenvalue weighted by Crippen LogP contribution is 2.31. The molecule has 0 bridgehead atoms. The number of rotatable bonds is 2. The molecule has 0 aliphatic heterocycles. The average molecular weight is 289 g/mol. The molecular formula is C9H8INO2. The highest BCUT2D eigenvalue weighted by Gasteiger charge is 2.09. The number of aromatic hydroxyl groups is 1. The maximum atomic E-state index is 9.49. The van der Waals surface area contributed by atoms with E-state index in [1.54, 1.807) is 12.1 Å². The number of nitrogens with zero attached hydrogens (tertiary/aromatic N) is 1. The Bertz CT molecular complexity index is 357. The van der Waals surface area contributed by atoms with E-state index in [1.165, 1.54) is 0 Å². The SMILES string of the molecule is CCOc1cc(I)cc(C#N)c1O. The van der Waals surface area contributed by atoms with Crippen molar-refractivity contribution in [3.05, 3.63) is 21.3 Å². The summed E-state index contributed by atoms with van der Waals surface area (Å²) in [6, 6.07) is 5.20. The van der Waals surface area contributed by atoms with Gasteiger partial charge in [-0.1, -0.05) is 0 Å². The van der Waals surface area contributed by atoms with Gasteiger partial charge >= 0.3 is 0 Å². The molecule has 0 aliphatic carbocycles. The zero-order valence-electron chi connectivity index (χ0n) is 7.04. The normalized spacial score (nSPS) is 9.31. The number of phenols is 1. The number of ether oxygens (including phenoxy) is 1. The van der Waals surface area contributed by atoms with Crippen molar-refractivity contribution in [2.24, 2.45) is 0 Å². The molecule has 0 amide bonds. The van der Waals surface area contributed by atoms with Crippen LogP contribution in [0.2, 0.25) is 0 Å². The van der Waals surface area contributed by atoms with Crippen molar-refractivity contribution in [2.45, 2.75) is 6.92 Å². The largest absolute Gasteiger partial charge is 0.503 e. The predicted octanol–water partition coefficient (Wildman–Crippen LogP) is 2.27. The summed E-state index contributed by atoms with van der Waals surface area (Å²) in [6.45, 7) is 2.30. The van der Waals surface area contributed by atoms with Crippen molar-refractivity contribution >= 4 is 22.6 Å². The van der Waals surface area contributed by atoms with Crippen LogP contribution in [-0.4, -0.2) is 11.7 Å². The van der Waals surface area contributed by atoms with Crippen LogP contribution in [0.15, 0.2) is 12.1 Å². The molecule has 1 aromatic rings. The van der Waals surface area contributed by atoms with Crippen molar-refractivity contribution < 1.29 is 9.84 Å². The fourth-order valence-corrected chi connectivity index (χ4v) is 1.52. The standard InChI is InChI=1S/C9H8INO2/c1-2-13-8-4-7(10)3-6(5-11)9(8)12/h3-4,12H,2H2,1H3. The fraction of sp³-hybridized carbons (Fsp3) is 0.222. The van der Waals surface area contributed by atoms with Crippen molar-refractivity contribution in [1.29, 1.82) is 5.26 Å². The van der Waals surface area contributed by atoms with Gasteiger partial charge in [0, 0.05) is 3.57 Å². The van der Waals surface area contributed by atoms with Crippen LogP contribution < -0.4 is 4.74 Å². The van der Waals surface area contributed by atoms with Crippen LogP contribution in [0.4, 0.5) is 0 Å². The van der Waals surface area contributed by atoms with Gasteiger partial charge in [0.1, 0.15) is 6.07 Å². The Morgan fingerprint density at radius 3 is 2.85 bits per heavy atom. The zero-order valence-corrected chi connectivity index (χ0v) is 9.20. The van der Waals surface area contributed by atoms with Gasteiger partial charge in [-0.25, -0.2) is 0 Å². The molecule has 0 fully saturated rings. The fourth-order valence-electron chi connectivity index (χ4n) is 0.925. The molecule has 13 heavy (non-hydrogen) atoms. The minimum absolute atomic E-state index is 0.0789. The molecular weight excluding hydrogens is 281 g/mol. The summed E-state index contributed by atoms with van der Waals surface area (Å²) in [5.41, 5.74) is 0.246. The first-order valence-electron chi connectivity index (χ1n) is 3.74. The number of hydrogen-bond donors (Lipinski definition) is 1. The van der Waals surface area contributed by atoms with Gasteiger partial charge in [0.15, 0.2) is 11.5 Å². The number of phenolic OH excluding ortho intramolecular Hbond substituents is 1. The molecule has 0 saturated heterocycles. The van der Waals surface area contributed by atoms with Crippen LogP contribution in [0.5, 0.6) is 11.5 Å². The van der Waals surface area contributed by atoms with E-state index in [2.05, 4.69) is 22.6 Å². The van der Waals surface area contributed by atoms with Crippen LogP contribution >= 0.6 is 22.6 Å². The Kier molecular flexibility index (Phi) is 3.37. The predicted molar refractivity (Wildman–Crippen MR) is 56.7 cm³/mol. The zero-order chi connectivity index (χ0) is 9.84. The summed E-state index contributed by atoms with van der Waals surface area (Å²) in [7, 11) is 0. The van der Waals surface area contributed by atoms with E-state index in [0.29, 0.717) is 12.4 Å². The third-order valence-corrected chi connectivity index (χ3v) is 2.08. The van der Waals surface area contributed by atoms with Crippen molar-refractivity contribution in [3.63, 3.8) is 0 Å². The van der Waals surface area contributed by atoms with E-state index in [4.69, 9.17) is 10.00 Å². The van der Waals surface area contributed by atoms with Crippen molar-refractivity contribution in [3.8, 4) is 17.6 Å². The molecule has 0 unspecified atom stereocenters. The molecule has 1 aromatic carbocycles. The van der Waals surface area contributed by atoms with Gasteiger partial charge in [-0.05, 0) is 41.6 Å². The molecule has 0 aromatic heterocycles. The van der Waals surface area contributed by atoms with E-state index in [9.17, 15) is 5.11 Å². The molecule has 0 atom stereocenters. The van der Waals surface area contributed by atoms with Gasteiger partial charge in [-0.3, -0.25) is 0 Å². The summed E-state index contributed by atoms with van der Waals surface area (Å²) >= 11 is 2.07. The minimum atomic E-state index is -0.0789. The number of hydrogen-bond acceptors (Lipinski definition) is 3. The van der Waals surface area contributed by atoms with E-state index in [-0.39, 0.29) is 11.3 Å². The topological polar surface area (TPSA) is 53.2 Å². The smallest absolute Gasteiger partial charge is 0.175 e. The number of nitriles is 1. The molecule has 68 valence electrons. The van der Waals surface area contributed by atoms with E-state index in [0.717, 1.165) is 3.57 Å². The second kappa shape index (κ2) is 4.33. The van der Waals surface area contributed by atoms with Crippen molar-refractivity contribution in [1.82, 2.24) is 0 Å². The van der Waals surface area contributed by atoms with Crippen LogP contribution in [0.25, 0.3) is 0 Å². The van der Waals surface area contributed by atoms with Gasteiger partial charge < -0.3 is 9.84 Å². The Hall–Kier alpha value is -0.960. The third-order valence-electron chi connectivity index (χ3n) is 1.46. The minimum Gasteiger partial charge on any atom is -0.503 e. The van der Waals surface area contributed by atoms with Crippen LogP contribution in [0.1, 0.15) is 12.5 Å². The van der Waals surface area contributed by atoms with Crippen LogP contribution in [0.3, 0.4) is 0 Å². The maximum absolute atomic E-state index is 9.49. The maximum Gasteiger partial charge on any atom is 0.175 e. The van der Waals surface area contributed by atoms with E-state index >= 15 is 0 Å². The van der Waals surface area contributed by atoms with Gasteiger partial charge in [-0.15, -0.1) is 0 Å². The first-order valence-corrected chi connectivity index (χ1v) is 4.82. The number of benzene rings is 1. The monoisotopic (exact) mass is 289 g/mol. The lowest BCUT2D eigenvalue weighted by molar-refractivity contribution is 0.317. The van der Waals surface area contributed by atoms with E-state index < -0.39 is 0 Å². The molecule has 0 aliphatic rings. The Balaban J connectivity index is 3.21. The quantitative estimate of drug-likeness (QED) is 0.850. The average Bonchev–Trinajstić information content (AvgIpc) is 2.11. The second-order valence-corrected chi connectivity index (χ2v) is 3.59. The van der Waals surface area contributed by atoms with E-state index in [1.807, 2.05) is 13.0 Å². The Labute approximate surface area is 90.1 Å². The van der Waals surface area contributed by atoms with Crippen LogP contribution in [0, 0.1) is 14.9 Å². The number of halogens is 1. The molecule has 0 radical (unpaired) electrons. The van der Waals surface area contributed by atoms with Gasteiger partial charge in [-0.2, -0.15) is 5.26 Å². The first-order chi connectivity index (χ1) is 6.19. The Morgan fingerprint density at radius 2 is 2.31 bits per heavy atom. The van der Waals surface area contributed by atoms with Gasteiger partial charge in [0.2, 0.25) is 0 Å². The molecule has 0 spiro atoms. The molecule has 3 nitrogen and oxygen atoms in total. The first kappa shape index (κ1) is 10.1. The molecule has 0 heterocycles.